The Bertz CT molecular complexity index is 1110. The van der Waals surface area contributed by atoms with Crippen LogP contribution in [0, 0.1) is 0 Å². The molecule has 4 nitrogen and oxygen atoms in total. The molecule has 3 rings (SSSR count). The van der Waals surface area contributed by atoms with E-state index in [0.29, 0.717) is 35.2 Å². The van der Waals surface area contributed by atoms with E-state index in [2.05, 4.69) is 12.2 Å². The molecule has 0 heterocycles. The SMILES string of the molecule is CCCCNC(=O)[C@H](Cc1ccccc1)N(Cc1ccc(Cl)c(Cl)c1)C(=O)CCSc1ccccc1. The molecule has 0 aromatic heterocycles. The monoisotopic (exact) mass is 542 g/mol. The van der Waals surface area contributed by atoms with Crippen LogP contribution >= 0.6 is 35.0 Å². The summed E-state index contributed by atoms with van der Waals surface area (Å²) in [6.45, 7) is 2.93. The number of nitrogens with one attached hydrogen (secondary N) is 1. The van der Waals surface area contributed by atoms with E-state index in [1.54, 1.807) is 28.8 Å². The Balaban J connectivity index is 1.85. The number of carbonyl (C=O) groups excluding carboxylic acids is 2. The van der Waals surface area contributed by atoms with E-state index in [0.717, 1.165) is 28.9 Å². The molecule has 1 atom stereocenters. The minimum atomic E-state index is -0.645. The summed E-state index contributed by atoms with van der Waals surface area (Å²) in [4.78, 5) is 29.9. The highest BCUT2D eigenvalue weighted by Crippen LogP contribution is 2.25. The average Bonchev–Trinajstić information content (AvgIpc) is 2.89. The molecule has 0 aliphatic carbocycles. The van der Waals surface area contributed by atoms with Gasteiger partial charge in [0.25, 0.3) is 0 Å². The molecule has 0 aliphatic rings. The molecular formula is C29H32Cl2N2O2S. The van der Waals surface area contributed by atoms with Crippen molar-refractivity contribution in [2.45, 2.75) is 50.1 Å². The van der Waals surface area contributed by atoms with Crippen molar-refractivity contribution in [2.24, 2.45) is 0 Å². The van der Waals surface area contributed by atoms with Crippen LogP contribution in [-0.2, 0) is 22.6 Å². The Labute approximate surface area is 228 Å². The van der Waals surface area contributed by atoms with E-state index in [-0.39, 0.29) is 18.4 Å². The van der Waals surface area contributed by atoms with Crippen molar-refractivity contribution in [2.75, 3.05) is 12.3 Å². The molecule has 2 amide bonds. The summed E-state index contributed by atoms with van der Waals surface area (Å²) in [6, 6.07) is 24.5. The lowest BCUT2D eigenvalue weighted by atomic mass is 10.0. The molecule has 0 radical (unpaired) electrons. The fraction of sp³-hybridized carbons (Fsp3) is 0.310. The van der Waals surface area contributed by atoms with E-state index in [1.165, 1.54) is 0 Å². The van der Waals surface area contributed by atoms with Crippen LogP contribution < -0.4 is 5.32 Å². The van der Waals surface area contributed by atoms with Gasteiger partial charge < -0.3 is 10.2 Å². The van der Waals surface area contributed by atoms with Crippen molar-refractivity contribution >= 4 is 46.8 Å². The van der Waals surface area contributed by atoms with Crippen LogP contribution in [0.1, 0.15) is 37.3 Å². The molecule has 7 heteroatoms. The Morgan fingerprint density at radius 1 is 0.917 bits per heavy atom. The summed E-state index contributed by atoms with van der Waals surface area (Å²) in [5.74, 6) is 0.406. The van der Waals surface area contributed by atoms with Crippen LogP contribution in [0.5, 0.6) is 0 Å². The molecule has 0 unspecified atom stereocenters. The highest BCUT2D eigenvalue weighted by Gasteiger charge is 2.30. The van der Waals surface area contributed by atoms with Crippen LogP contribution in [0.2, 0.25) is 10.0 Å². The molecule has 0 fully saturated rings. The van der Waals surface area contributed by atoms with Gasteiger partial charge in [-0.25, -0.2) is 0 Å². The predicted octanol–water partition coefficient (Wildman–Crippen LogP) is 7.03. The number of nitrogens with zero attached hydrogens (tertiary/aromatic N) is 1. The maximum Gasteiger partial charge on any atom is 0.243 e. The lowest BCUT2D eigenvalue weighted by Gasteiger charge is -2.31. The van der Waals surface area contributed by atoms with E-state index in [4.69, 9.17) is 23.2 Å². The number of rotatable bonds is 13. The number of halogens is 2. The normalized spacial score (nSPS) is 11.6. The van der Waals surface area contributed by atoms with Gasteiger partial charge in [0, 0.05) is 36.6 Å². The molecule has 190 valence electrons. The molecule has 0 bridgehead atoms. The van der Waals surface area contributed by atoms with E-state index in [1.807, 2.05) is 66.7 Å². The van der Waals surface area contributed by atoms with Crippen LogP contribution in [0.25, 0.3) is 0 Å². The Hall–Kier alpha value is -2.47. The molecule has 0 saturated carbocycles. The number of amides is 2. The zero-order valence-corrected chi connectivity index (χ0v) is 22.8. The fourth-order valence-electron chi connectivity index (χ4n) is 3.81. The zero-order chi connectivity index (χ0) is 25.8. The predicted molar refractivity (Wildman–Crippen MR) is 151 cm³/mol. The maximum atomic E-state index is 13.6. The van der Waals surface area contributed by atoms with Gasteiger partial charge >= 0.3 is 0 Å². The van der Waals surface area contributed by atoms with Crippen molar-refractivity contribution in [1.29, 1.82) is 0 Å². The van der Waals surface area contributed by atoms with Crippen LogP contribution in [0.15, 0.2) is 83.8 Å². The first kappa shape index (κ1) is 28.1. The summed E-state index contributed by atoms with van der Waals surface area (Å²) < 4.78 is 0. The second-order valence-electron chi connectivity index (χ2n) is 8.53. The highest BCUT2D eigenvalue weighted by atomic mass is 35.5. The van der Waals surface area contributed by atoms with Gasteiger partial charge in [-0.1, -0.05) is 91.1 Å². The summed E-state index contributed by atoms with van der Waals surface area (Å²) in [5, 5.41) is 3.92. The van der Waals surface area contributed by atoms with E-state index >= 15 is 0 Å². The standard InChI is InChI=1S/C29H32Cl2N2O2S/c1-2-3-17-32-29(35)27(20-22-10-6-4-7-11-22)33(21-23-14-15-25(30)26(31)19-23)28(34)16-18-36-24-12-8-5-9-13-24/h4-15,19,27H,2-3,16-18,20-21H2,1H3,(H,32,35)/t27-/m0/s1. The number of carbonyl (C=O) groups is 2. The minimum absolute atomic E-state index is 0.0731. The molecule has 1 N–H and O–H groups in total. The molecule has 0 aliphatic heterocycles. The van der Waals surface area contributed by atoms with E-state index in [9.17, 15) is 9.59 Å². The third-order valence-corrected chi connectivity index (χ3v) is 7.52. The Kier molecular flexibility index (Phi) is 11.7. The van der Waals surface area contributed by atoms with Crippen LogP contribution in [-0.4, -0.2) is 35.1 Å². The third-order valence-electron chi connectivity index (χ3n) is 5.77. The average molecular weight is 544 g/mol. The van der Waals surface area contributed by atoms with Gasteiger partial charge in [0.1, 0.15) is 6.04 Å². The maximum absolute atomic E-state index is 13.6. The molecular weight excluding hydrogens is 511 g/mol. The number of hydrogen-bond acceptors (Lipinski definition) is 3. The summed E-state index contributed by atoms with van der Waals surface area (Å²) in [7, 11) is 0. The topological polar surface area (TPSA) is 49.4 Å². The number of thioether (sulfide) groups is 1. The first-order valence-electron chi connectivity index (χ1n) is 12.2. The quantitative estimate of drug-likeness (QED) is 0.186. The second-order valence-corrected chi connectivity index (χ2v) is 10.5. The molecule has 36 heavy (non-hydrogen) atoms. The summed E-state index contributed by atoms with van der Waals surface area (Å²) in [6.07, 6.45) is 2.61. The molecule has 3 aromatic carbocycles. The van der Waals surface area contributed by atoms with Gasteiger partial charge in [-0.2, -0.15) is 0 Å². The molecule has 0 saturated heterocycles. The van der Waals surface area contributed by atoms with Crippen molar-refractivity contribution in [3.63, 3.8) is 0 Å². The Morgan fingerprint density at radius 2 is 1.61 bits per heavy atom. The smallest absolute Gasteiger partial charge is 0.243 e. The second kappa shape index (κ2) is 14.9. The van der Waals surface area contributed by atoms with Gasteiger partial charge in [-0.15, -0.1) is 11.8 Å². The lowest BCUT2D eigenvalue weighted by molar-refractivity contribution is -0.141. The number of benzene rings is 3. The van der Waals surface area contributed by atoms with Crippen molar-refractivity contribution in [1.82, 2.24) is 10.2 Å². The molecule has 0 spiro atoms. The minimum Gasteiger partial charge on any atom is -0.354 e. The number of hydrogen-bond donors (Lipinski definition) is 1. The third kappa shape index (κ3) is 8.88. The van der Waals surface area contributed by atoms with E-state index < -0.39 is 6.04 Å². The summed E-state index contributed by atoms with van der Waals surface area (Å²) >= 11 is 14.0. The van der Waals surface area contributed by atoms with Gasteiger partial charge in [-0.05, 0) is 41.8 Å². The Morgan fingerprint density at radius 3 is 2.28 bits per heavy atom. The first-order valence-corrected chi connectivity index (χ1v) is 13.9. The van der Waals surface area contributed by atoms with Crippen LogP contribution in [0.3, 0.4) is 0 Å². The summed E-state index contributed by atoms with van der Waals surface area (Å²) in [5.41, 5.74) is 1.83. The van der Waals surface area contributed by atoms with Crippen molar-refractivity contribution in [3.8, 4) is 0 Å². The van der Waals surface area contributed by atoms with Gasteiger partial charge in [0.05, 0.1) is 10.0 Å². The van der Waals surface area contributed by atoms with Gasteiger partial charge in [0.2, 0.25) is 11.8 Å². The lowest BCUT2D eigenvalue weighted by Crippen LogP contribution is -2.50. The zero-order valence-electron chi connectivity index (χ0n) is 20.5. The fourth-order valence-corrected chi connectivity index (χ4v) is 4.99. The van der Waals surface area contributed by atoms with Crippen molar-refractivity contribution < 1.29 is 9.59 Å². The van der Waals surface area contributed by atoms with Crippen LogP contribution in [0.4, 0.5) is 0 Å². The molecule has 3 aromatic rings. The number of unbranched alkanes of at least 4 members (excludes halogenated alkanes) is 1. The van der Waals surface area contributed by atoms with Gasteiger partial charge in [-0.3, -0.25) is 9.59 Å². The largest absolute Gasteiger partial charge is 0.354 e. The first-order chi connectivity index (χ1) is 17.5. The van der Waals surface area contributed by atoms with Gasteiger partial charge in [0.15, 0.2) is 0 Å². The highest BCUT2D eigenvalue weighted by molar-refractivity contribution is 7.99. The van der Waals surface area contributed by atoms with Crippen molar-refractivity contribution in [3.05, 3.63) is 100 Å².